The molecule has 1 heterocycles. The van der Waals surface area contributed by atoms with Crippen LogP contribution in [0.2, 0.25) is 10.0 Å². The Morgan fingerprint density at radius 2 is 1.86 bits per heavy atom. The molecule has 3 aromatic rings. The van der Waals surface area contributed by atoms with Crippen LogP contribution in [0.4, 0.5) is 18.9 Å². The maximum atomic E-state index is 13.9. The molecule has 1 aromatic heterocycles. The summed E-state index contributed by atoms with van der Waals surface area (Å²) in [4.78, 5) is 12.4. The molecular formula is C18H12Cl2F3N3O2. The number of rotatable bonds is 5. The molecular weight excluding hydrogens is 418 g/mol. The number of halogens is 5. The monoisotopic (exact) mass is 429 g/mol. The second-order valence-electron chi connectivity index (χ2n) is 5.76. The zero-order valence-electron chi connectivity index (χ0n) is 14.0. The van der Waals surface area contributed by atoms with E-state index < -0.39 is 29.1 Å². The van der Waals surface area contributed by atoms with Crippen molar-refractivity contribution in [2.75, 3.05) is 11.9 Å². The van der Waals surface area contributed by atoms with Gasteiger partial charge in [0.05, 0.1) is 23.0 Å². The van der Waals surface area contributed by atoms with Crippen LogP contribution in [-0.2, 0) is 0 Å². The molecule has 3 rings (SSSR count). The quantitative estimate of drug-likeness (QED) is 0.640. The van der Waals surface area contributed by atoms with Crippen LogP contribution in [0, 0.1) is 17.5 Å². The first-order valence-corrected chi connectivity index (χ1v) is 8.63. The average Bonchev–Trinajstić information content (AvgIpc) is 2.65. The fourth-order valence-electron chi connectivity index (χ4n) is 2.42. The minimum absolute atomic E-state index is 0.0761. The SMILES string of the molecule is O=c1c(Cl)c(NCC(O)c2ccc(Cl)c(F)c2)cnn1-c1ccc(F)cc1F. The number of hydrogen-bond acceptors (Lipinski definition) is 4. The Balaban J connectivity index is 1.81. The topological polar surface area (TPSA) is 67.2 Å². The van der Waals surface area contributed by atoms with Gasteiger partial charge in [0.15, 0.2) is 5.82 Å². The minimum atomic E-state index is -1.13. The van der Waals surface area contributed by atoms with Gasteiger partial charge in [-0.3, -0.25) is 4.79 Å². The third-order valence-corrected chi connectivity index (χ3v) is 4.54. The number of benzene rings is 2. The summed E-state index contributed by atoms with van der Waals surface area (Å²) < 4.78 is 41.1. The smallest absolute Gasteiger partial charge is 0.292 e. The molecule has 5 nitrogen and oxygen atoms in total. The summed E-state index contributed by atoms with van der Waals surface area (Å²) in [7, 11) is 0. The first-order valence-electron chi connectivity index (χ1n) is 7.88. The Morgan fingerprint density at radius 1 is 1.11 bits per heavy atom. The molecule has 0 bridgehead atoms. The molecule has 0 aliphatic rings. The van der Waals surface area contributed by atoms with Gasteiger partial charge in [0.1, 0.15) is 22.3 Å². The second kappa shape index (κ2) is 8.22. The van der Waals surface area contributed by atoms with E-state index in [0.29, 0.717) is 10.7 Å². The normalized spacial score (nSPS) is 12.1. The number of nitrogens with one attached hydrogen (secondary N) is 1. The number of aliphatic hydroxyl groups is 1. The van der Waals surface area contributed by atoms with Gasteiger partial charge in [-0.25, -0.2) is 13.2 Å². The standard InChI is InChI=1S/C18H12Cl2F3N3O2/c19-11-3-1-9(5-12(11)22)16(27)8-24-14-7-25-26(18(28)17(14)20)15-4-2-10(21)6-13(15)23/h1-7,16,24,27H,8H2. The third kappa shape index (κ3) is 4.14. The molecule has 0 saturated heterocycles. The lowest BCUT2D eigenvalue weighted by Crippen LogP contribution is -2.24. The molecule has 2 aromatic carbocycles. The predicted octanol–water partition coefficient (Wildman–Crippen LogP) is 4.10. The fourth-order valence-corrected chi connectivity index (χ4v) is 2.74. The molecule has 0 aliphatic carbocycles. The fraction of sp³-hybridized carbons (Fsp3) is 0.111. The summed E-state index contributed by atoms with van der Waals surface area (Å²) >= 11 is 11.6. The minimum Gasteiger partial charge on any atom is -0.387 e. The number of nitrogens with zero attached hydrogens (tertiary/aromatic N) is 2. The van der Waals surface area contributed by atoms with Crippen molar-refractivity contribution < 1.29 is 18.3 Å². The van der Waals surface area contributed by atoms with E-state index in [4.69, 9.17) is 23.2 Å². The summed E-state index contributed by atoms with van der Waals surface area (Å²) in [6, 6.07) is 6.50. The Labute approximate surface area is 167 Å². The van der Waals surface area contributed by atoms with E-state index in [1.165, 1.54) is 12.1 Å². The van der Waals surface area contributed by atoms with Crippen LogP contribution < -0.4 is 10.9 Å². The molecule has 0 fully saturated rings. The zero-order chi connectivity index (χ0) is 20.4. The van der Waals surface area contributed by atoms with E-state index >= 15 is 0 Å². The molecule has 0 radical (unpaired) electrons. The van der Waals surface area contributed by atoms with Gasteiger partial charge in [0.25, 0.3) is 5.56 Å². The summed E-state index contributed by atoms with van der Waals surface area (Å²) in [6.45, 7) is -0.114. The molecule has 0 aliphatic heterocycles. The Kier molecular flexibility index (Phi) is 5.93. The third-order valence-electron chi connectivity index (χ3n) is 3.87. The molecule has 1 unspecified atom stereocenters. The van der Waals surface area contributed by atoms with Gasteiger partial charge < -0.3 is 10.4 Å². The molecule has 146 valence electrons. The van der Waals surface area contributed by atoms with Crippen molar-refractivity contribution in [1.82, 2.24) is 9.78 Å². The molecule has 28 heavy (non-hydrogen) atoms. The Hall–Kier alpha value is -2.55. The lowest BCUT2D eigenvalue weighted by Gasteiger charge is -2.15. The molecule has 1 atom stereocenters. The van der Waals surface area contributed by atoms with Crippen molar-refractivity contribution in [1.29, 1.82) is 0 Å². The first-order chi connectivity index (χ1) is 13.3. The molecule has 0 amide bonds. The maximum absolute atomic E-state index is 13.9. The van der Waals surface area contributed by atoms with Crippen molar-refractivity contribution >= 4 is 28.9 Å². The maximum Gasteiger partial charge on any atom is 0.292 e. The summed E-state index contributed by atoms with van der Waals surface area (Å²) in [6.07, 6.45) is 0.0293. The highest BCUT2D eigenvalue weighted by Crippen LogP contribution is 2.22. The van der Waals surface area contributed by atoms with E-state index in [1.807, 2.05) is 0 Å². The lowest BCUT2D eigenvalue weighted by atomic mass is 10.1. The number of anilines is 1. The van der Waals surface area contributed by atoms with Crippen molar-refractivity contribution in [3.8, 4) is 5.69 Å². The van der Waals surface area contributed by atoms with Crippen molar-refractivity contribution in [2.24, 2.45) is 0 Å². The molecule has 0 saturated carbocycles. The van der Waals surface area contributed by atoms with Crippen molar-refractivity contribution in [3.63, 3.8) is 0 Å². The molecule has 0 spiro atoms. The highest BCUT2D eigenvalue weighted by molar-refractivity contribution is 6.33. The number of aliphatic hydroxyl groups excluding tert-OH is 1. The van der Waals surface area contributed by atoms with Gasteiger partial charge in [0, 0.05) is 12.6 Å². The first kappa shape index (κ1) is 20.2. The van der Waals surface area contributed by atoms with E-state index in [-0.39, 0.29) is 33.5 Å². The molecule has 2 N–H and O–H groups in total. The van der Waals surface area contributed by atoms with Gasteiger partial charge in [0.2, 0.25) is 0 Å². The number of hydrogen-bond donors (Lipinski definition) is 2. The van der Waals surface area contributed by atoms with Crippen molar-refractivity contribution in [3.05, 3.63) is 86.0 Å². The average molecular weight is 430 g/mol. The van der Waals surface area contributed by atoms with E-state index in [1.54, 1.807) is 0 Å². The van der Waals surface area contributed by atoms with Gasteiger partial charge in [-0.2, -0.15) is 9.78 Å². The Bertz CT molecular complexity index is 1090. The second-order valence-corrected chi connectivity index (χ2v) is 6.54. The van der Waals surface area contributed by atoms with Crippen LogP contribution >= 0.6 is 23.2 Å². The van der Waals surface area contributed by atoms with Crippen LogP contribution in [0.25, 0.3) is 5.69 Å². The van der Waals surface area contributed by atoms with Crippen LogP contribution in [0.3, 0.4) is 0 Å². The Morgan fingerprint density at radius 3 is 2.54 bits per heavy atom. The highest BCUT2D eigenvalue weighted by Gasteiger charge is 2.16. The van der Waals surface area contributed by atoms with Crippen molar-refractivity contribution in [2.45, 2.75) is 6.10 Å². The predicted molar refractivity (Wildman–Crippen MR) is 99.6 cm³/mol. The van der Waals surface area contributed by atoms with E-state index in [0.717, 1.165) is 24.4 Å². The van der Waals surface area contributed by atoms with Gasteiger partial charge in [-0.15, -0.1) is 0 Å². The van der Waals surface area contributed by atoms with Crippen LogP contribution in [-0.4, -0.2) is 21.4 Å². The van der Waals surface area contributed by atoms with Crippen LogP contribution in [0.15, 0.2) is 47.4 Å². The summed E-state index contributed by atoms with van der Waals surface area (Å²) in [5.41, 5.74) is -0.764. The summed E-state index contributed by atoms with van der Waals surface area (Å²) in [5, 5.41) is 16.3. The van der Waals surface area contributed by atoms with Crippen LogP contribution in [0.1, 0.15) is 11.7 Å². The van der Waals surface area contributed by atoms with Gasteiger partial charge in [-0.05, 0) is 29.8 Å². The van der Waals surface area contributed by atoms with E-state index in [9.17, 15) is 23.1 Å². The van der Waals surface area contributed by atoms with Crippen LogP contribution in [0.5, 0.6) is 0 Å². The molecule has 10 heteroatoms. The zero-order valence-corrected chi connectivity index (χ0v) is 15.5. The summed E-state index contributed by atoms with van der Waals surface area (Å²) in [5.74, 6) is -2.46. The van der Waals surface area contributed by atoms with E-state index in [2.05, 4.69) is 10.4 Å². The van der Waals surface area contributed by atoms with Gasteiger partial charge in [-0.1, -0.05) is 29.3 Å². The highest BCUT2D eigenvalue weighted by atomic mass is 35.5. The number of aromatic nitrogens is 2. The largest absolute Gasteiger partial charge is 0.387 e. The lowest BCUT2D eigenvalue weighted by molar-refractivity contribution is 0.191. The van der Waals surface area contributed by atoms with Gasteiger partial charge >= 0.3 is 0 Å².